The maximum absolute atomic E-state index is 13.2. The molecule has 3 atom stereocenters. The second-order valence-corrected chi connectivity index (χ2v) is 7.23. The van der Waals surface area contributed by atoms with Crippen LogP contribution in [-0.4, -0.2) is 52.3 Å². The fourth-order valence-corrected chi connectivity index (χ4v) is 4.82. The highest BCUT2D eigenvalue weighted by Crippen LogP contribution is 2.43. The lowest BCUT2D eigenvalue weighted by Gasteiger charge is -2.34. The molecule has 134 valence electrons. The number of nitrogens with zero attached hydrogens (tertiary/aromatic N) is 4. The molecule has 2 bridgehead atoms. The zero-order valence-electron chi connectivity index (χ0n) is 14.6. The van der Waals surface area contributed by atoms with Gasteiger partial charge in [-0.15, -0.1) is 0 Å². The number of amides is 4. The number of rotatable bonds is 1. The lowest BCUT2D eigenvalue weighted by molar-refractivity contribution is -0.133. The summed E-state index contributed by atoms with van der Waals surface area (Å²) in [5, 5.41) is 10.7. The van der Waals surface area contributed by atoms with Crippen molar-refractivity contribution in [1.29, 1.82) is 5.26 Å². The number of piperazine rings is 1. The molecule has 4 amide bonds. The van der Waals surface area contributed by atoms with Crippen LogP contribution < -0.4 is 4.90 Å². The van der Waals surface area contributed by atoms with E-state index in [-0.39, 0.29) is 29.9 Å². The fourth-order valence-electron chi connectivity index (χ4n) is 4.82. The SMILES string of the molecule is CC(=O)N1CC2CC1C1C(=O)N(c3ccc(C#N)c4ccccc34)C(=O)N21. The van der Waals surface area contributed by atoms with E-state index in [1.54, 1.807) is 21.9 Å². The van der Waals surface area contributed by atoms with Crippen molar-refractivity contribution in [2.45, 2.75) is 31.5 Å². The van der Waals surface area contributed by atoms with Gasteiger partial charge in [0.15, 0.2) is 0 Å². The molecule has 3 aliphatic rings. The van der Waals surface area contributed by atoms with E-state index in [0.717, 1.165) is 0 Å². The molecule has 0 saturated carbocycles. The minimum Gasteiger partial charge on any atom is -0.335 e. The Hall–Kier alpha value is -3.40. The molecule has 0 aliphatic carbocycles. The number of fused-ring (bicyclic) bond motifs is 6. The Morgan fingerprint density at radius 1 is 1.15 bits per heavy atom. The van der Waals surface area contributed by atoms with Crippen LogP contribution in [-0.2, 0) is 9.59 Å². The quantitative estimate of drug-likeness (QED) is 0.727. The lowest BCUT2D eigenvalue weighted by atomic mass is 10.0. The van der Waals surface area contributed by atoms with Gasteiger partial charge < -0.3 is 9.80 Å². The summed E-state index contributed by atoms with van der Waals surface area (Å²) in [7, 11) is 0. The van der Waals surface area contributed by atoms with Gasteiger partial charge in [-0.3, -0.25) is 9.59 Å². The van der Waals surface area contributed by atoms with E-state index < -0.39 is 6.04 Å². The molecule has 2 aromatic rings. The van der Waals surface area contributed by atoms with Crippen molar-refractivity contribution >= 4 is 34.3 Å². The first kappa shape index (κ1) is 15.8. The number of imide groups is 1. The van der Waals surface area contributed by atoms with Crippen LogP contribution in [0.5, 0.6) is 0 Å². The largest absolute Gasteiger partial charge is 0.335 e. The first-order chi connectivity index (χ1) is 13.0. The van der Waals surface area contributed by atoms with Crippen LogP contribution in [0.4, 0.5) is 10.5 Å². The van der Waals surface area contributed by atoms with E-state index in [0.29, 0.717) is 35.0 Å². The average Bonchev–Trinajstić information content (AvgIpc) is 3.33. The maximum atomic E-state index is 13.2. The predicted octanol–water partition coefficient (Wildman–Crippen LogP) is 1.85. The first-order valence-corrected chi connectivity index (χ1v) is 8.88. The number of carbonyl (C=O) groups excluding carboxylic acids is 3. The number of nitriles is 1. The van der Waals surface area contributed by atoms with Crippen molar-refractivity contribution in [3.63, 3.8) is 0 Å². The highest BCUT2D eigenvalue weighted by Gasteiger charge is 2.62. The number of carbonyl (C=O) groups is 3. The lowest BCUT2D eigenvalue weighted by Crippen LogP contribution is -2.54. The van der Waals surface area contributed by atoms with Crippen LogP contribution >= 0.6 is 0 Å². The summed E-state index contributed by atoms with van der Waals surface area (Å²) in [5.74, 6) is -0.363. The second-order valence-electron chi connectivity index (χ2n) is 7.23. The van der Waals surface area contributed by atoms with Crippen molar-refractivity contribution in [1.82, 2.24) is 9.80 Å². The van der Waals surface area contributed by atoms with Gasteiger partial charge in [-0.2, -0.15) is 5.26 Å². The third kappa shape index (κ3) is 1.92. The maximum Gasteiger partial charge on any atom is 0.332 e. The van der Waals surface area contributed by atoms with Crippen LogP contribution in [0.15, 0.2) is 36.4 Å². The van der Waals surface area contributed by atoms with Gasteiger partial charge in [-0.1, -0.05) is 24.3 Å². The average molecular weight is 360 g/mol. The van der Waals surface area contributed by atoms with E-state index in [4.69, 9.17) is 0 Å². The molecular weight excluding hydrogens is 344 g/mol. The van der Waals surface area contributed by atoms with E-state index in [2.05, 4.69) is 6.07 Å². The molecule has 2 aromatic carbocycles. The number of anilines is 1. The minimum atomic E-state index is -0.616. The molecule has 7 heteroatoms. The Kier molecular flexibility index (Phi) is 3.11. The highest BCUT2D eigenvalue weighted by molar-refractivity contribution is 6.25. The number of benzene rings is 2. The summed E-state index contributed by atoms with van der Waals surface area (Å²) in [5.41, 5.74) is 0.986. The van der Waals surface area contributed by atoms with E-state index in [1.165, 1.54) is 11.8 Å². The van der Waals surface area contributed by atoms with Crippen molar-refractivity contribution in [2.24, 2.45) is 0 Å². The fraction of sp³-hybridized carbons (Fsp3) is 0.300. The highest BCUT2D eigenvalue weighted by atomic mass is 16.2. The van der Waals surface area contributed by atoms with E-state index in [9.17, 15) is 19.6 Å². The normalized spacial score (nSPS) is 26.1. The second kappa shape index (κ2) is 5.30. The molecule has 3 saturated heterocycles. The first-order valence-electron chi connectivity index (χ1n) is 8.88. The number of hydrogen-bond acceptors (Lipinski definition) is 4. The molecule has 3 fully saturated rings. The number of hydrogen-bond donors (Lipinski definition) is 0. The van der Waals surface area contributed by atoms with Crippen LogP contribution in [0.3, 0.4) is 0 Å². The Labute approximate surface area is 155 Å². The van der Waals surface area contributed by atoms with Crippen LogP contribution in [0.1, 0.15) is 18.9 Å². The van der Waals surface area contributed by atoms with Crippen molar-refractivity contribution in [3.05, 3.63) is 42.0 Å². The van der Waals surface area contributed by atoms with Gasteiger partial charge in [0.05, 0.1) is 29.4 Å². The molecule has 0 radical (unpaired) electrons. The Morgan fingerprint density at radius 2 is 1.89 bits per heavy atom. The van der Waals surface area contributed by atoms with Gasteiger partial charge in [0, 0.05) is 24.2 Å². The summed E-state index contributed by atoms with van der Waals surface area (Å²) in [6, 6.07) is 11.4. The zero-order chi connectivity index (χ0) is 18.9. The van der Waals surface area contributed by atoms with Crippen molar-refractivity contribution in [3.8, 4) is 6.07 Å². The van der Waals surface area contributed by atoms with Gasteiger partial charge in [0.25, 0.3) is 5.91 Å². The zero-order valence-corrected chi connectivity index (χ0v) is 14.6. The van der Waals surface area contributed by atoms with Gasteiger partial charge in [-0.05, 0) is 18.6 Å². The van der Waals surface area contributed by atoms with E-state index >= 15 is 0 Å². The van der Waals surface area contributed by atoms with Crippen molar-refractivity contribution < 1.29 is 14.4 Å². The Bertz CT molecular complexity index is 1070. The minimum absolute atomic E-state index is 0.0651. The Balaban J connectivity index is 1.62. The molecule has 0 spiro atoms. The molecule has 3 aliphatic heterocycles. The van der Waals surface area contributed by atoms with Crippen LogP contribution in [0.2, 0.25) is 0 Å². The number of likely N-dealkylation sites (tertiary alicyclic amines) is 1. The third-order valence-electron chi connectivity index (χ3n) is 5.93. The monoisotopic (exact) mass is 360 g/mol. The smallest absolute Gasteiger partial charge is 0.332 e. The van der Waals surface area contributed by atoms with Crippen molar-refractivity contribution in [2.75, 3.05) is 11.4 Å². The van der Waals surface area contributed by atoms with Gasteiger partial charge in [0.2, 0.25) is 5.91 Å². The van der Waals surface area contributed by atoms with Gasteiger partial charge >= 0.3 is 6.03 Å². The molecule has 0 N–H and O–H groups in total. The molecule has 3 heterocycles. The van der Waals surface area contributed by atoms with Crippen LogP contribution in [0, 0.1) is 11.3 Å². The molecule has 5 rings (SSSR count). The predicted molar refractivity (Wildman–Crippen MR) is 96.8 cm³/mol. The molecule has 0 aromatic heterocycles. The summed E-state index contributed by atoms with van der Waals surface area (Å²) >= 11 is 0. The molecule has 3 unspecified atom stereocenters. The third-order valence-corrected chi connectivity index (χ3v) is 5.93. The topological polar surface area (TPSA) is 84.7 Å². The molecule has 27 heavy (non-hydrogen) atoms. The summed E-state index contributed by atoms with van der Waals surface area (Å²) in [4.78, 5) is 42.8. The van der Waals surface area contributed by atoms with Gasteiger partial charge in [0.1, 0.15) is 6.04 Å². The molecular formula is C20H16N4O3. The van der Waals surface area contributed by atoms with Crippen LogP contribution in [0.25, 0.3) is 10.8 Å². The summed E-state index contributed by atoms with van der Waals surface area (Å²) < 4.78 is 0. The van der Waals surface area contributed by atoms with E-state index in [1.807, 2.05) is 24.3 Å². The standard InChI is InChI=1S/C20H16N4O3/c1-11(25)22-10-13-8-17(22)18-19(26)24(20(27)23(13)18)16-7-6-12(9-21)14-4-2-3-5-15(14)16/h2-7,13,17-18H,8,10H2,1H3. The molecule has 7 nitrogen and oxygen atoms in total. The summed E-state index contributed by atoms with van der Waals surface area (Å²) in [6.45, 7) is 1.98. The number of urea groups is 1. The summed E-state index contributed by atoms with van der Waals surface area (Å²) in [6.07, 6.45) is 0.656. The van der Waals surface area contributed by atoms with Gasteiger partial charge in [-0.25, -0.2) is 9.69 Å². The Morgan fingerprint density at radius 3 is 2.59 bits per heavy atom.